The number of fused-ring (bicyclic) bond motifs is 1. The minimum Gasteiger partial charge on any atom is -0.360 e. The highest BCUT2D eigenvalue weighted by Crippen LogP contribution is 2.27. The van der Waals surface area contributed by atoms with Crippen molar-refractivity contribution in [3.63, 3.8) is 0 Å². The van der Waals surface area contributed by atoms with Crippen LogP contribution < -0.4 is 5.32 Å². The fourth-order valence-corrected chi connectivity index (χ4v) is 3.91. The van der Waals surface area contributed by atoms with E-state index in [2.05, 4.69) is 41.4 Å². The van der Waals surface area contributed by atoms with Gasteiger partial charge < -0.3 is 9.88 Å². The lowest BCUT2D eigenvalue weighted by Crippen LogP contribution is -2.37. The van der Waals surface area contributed by atoms with E-state index in [1.807, 2.05) is 79.0 Å². The van der Waals surface area contributed by atoms with E-state index in [-0.39, 0.29) is 11.8 Å². The maximum atomic E-state index is 13.8. The number of carbonyl (C=O) groups excluding carboxylic acids is 1. The maximum Gasteiger partial charge on any atom is 0.186 e. The van der Waals surface area contributed by atoms with Crippen LogP contribution in [-0.4, -0.2) is 36.3 Å². The van der Waals surface area contributed by atoms with E-state index in [9.17, 15) is 4.79 Å². The van der Waals surface area contributed by atoms with Crippen LogP contribution in [0.2, 0.25) is 0 Å². The second-order valence-corrected chi connectivity index (χ2v) is 7.85. The van der Waals surface area contributed by atoms with Crippen LogP contribution in [-0.2, 0) is 0 Å². The predicted molar refractivity (Wildman–Crippen MR) is 123 cm³/mol. The van der Waals surface area contributed by atoms with E-state index in [0.717, 1.165) is 23.0 Å². The molecule has 4 rings (SSSR count). The lowest BCUT2D eigenvalue weighted by atomic mass is 9.95. The Morgan fingerprint density at radius 1 is 0.867 bits per heavy atom. The van der Waals surface area contributed by atoms with E-state index >= 15 is 0 Å². The Kier molecular flexibility index (Phi) is 6.07. The molecule has 0 aliphatic rings. The summed E-state index contributed by atoms with van der Waals surface area (Å²) >= 11 is 0. The van der Waals surface area contributed by atoms with E-state index in [4.69, 9.17) is 0 Å². The van der Waals surface area contributed by atoms with Crippen LogP contribution in [0.1, 0.15) is 33.6 Å². The van der Waals surface area contributed by atoms with Gasteiger partial charge in [-0.3, -0.25) is 10.1 Å². The molecule has 0 aliphatic carbocycles. The monoisotopic (exact) mass is 397 g/mol. The molecule has 0 spiro atoms. The Morgan fingerprint density at radius 2 is 1.47 bits per heavy atom. The number of H-pyrrole nitrogens is 1. The van der Waals surface area contributed by atoms with Crippen molar-refractivity contribution in [1.29, 1.82) is 0 Å². The number of para-hydroxylation sites is 1. The van der Waals surface area contributed by atoms with E-state index in [1.54, 1.807) is 0 Å². The molecule has 4 heteroatoms. The number of aromatic nitrogens is 1. The number of likely N-dealkylation sites (N-methyl/N-ethyl adjacent to an activating group) is 1. The van der Waals surface area contributed by atoms with Crippen LogP contribution in [0.25, 0.3) is 10.9 Å². The Balaban J connectivity index is 1.73. The zero-order valence-electron chi connectivity index (χ0n) is 17.4. The first-order valence-corrected chi connectivity index (χ1v) is 10.2. The van der Waals surface area contributed by atoms with Gasteiger partial charge in [-0.05, 0) is 31.3 Å². The summed E-state index contributed by atoms with van der Waals surface area (Å²) in [5.74, 6) is 0.0679. The number of Topliss-reactive ketones (excluding diaryl/α,β-unsaturated/α-hetero) is 1. The van der Waals surface area contributed by atoms with Crippen LogP contribution in [0.5, 0.6) is 0 Å². The molecule has 0 fully saturated rings. The number of nitrogens with zero attached hydrogens (tertiary/aromatic N) is 1. The first-order valence-electron chi connectivity index (χ1n) is 10.2. The second kappa shape index (κ2) is 9.08. The third-order valence-electron chi connectivity index (χ3n) is 5.37. The fourth-order valence-electron chi connectivity index (χ4n) is 3.91. The summed E-state index contributed by atoms with van der Waals surface area (Å²) < 4.78 is 0. The van der Waals surface area contributed by atoms with Gasteiger partial charge in [-0.15, -0.1) is 0 Å². The molecule has 0 radical (unpaired) electrons. The number of aromatic amines is 1. The molecular weight excluding hydrogens is 370 g/mol. The first kappa shape index (κ1) is 20.1. The third kappa shape index (κ3) is 4.35. The Bertz CT molecular complexity index is 1100. The quantitative estimate of drug-likeness (QED) is 0.412. The molecule has 0 bridgehead atoms. The van der Waals surface area contributed by atoms with Crippen LogP contribution in [0.15, 0.2) is 91.1 Å². The summed E-state index contributed by atoms with van der Waals surface area (Å²) in [7, 11) is 4.10. The highest BCUT2D eigenvalue weighted by atomic mass is 16.1. The third-order valence-corrected chi connectivity index (χ3v) is 5.37. The zero-order chi connectivity index (χ0) is 20.9. The van der Waals surface area contributed by atoms with Crippen molar-refractivity contribution < 1.29 is 4.79 Å². The molecule has 2 N–H and O–H groups in total. The van der Waals surface area contributed by atoms with Gasteiger partial charge in [0.25, 0.3) is 0 Å². The van der Waals surface area contributed by atoms with Gasteiger partial charge in [0.2, 0.25) is 0 Å². The van der Waals surface area contributed by atoms with E-state index in [0.29, 0.717) is 5.56 Å². The van der Waals surface area contributed by atoms with Crippen LogP contribution in [0, 0.1) is 0 Å². The average Bonchev–Trinajstić information content (AvgIpc) is 3.21. The van der Waals surface area contributed by atoms with Gasteiger partial charge in [-0.2, -0.15) is 0 Å². The molecule has 1 aromatic heterocycles. The summed E-state index contributed by atoms with van der Waals surface area (Å²) in [6, 6.07) is 27.8. The summed E-state index contributed by atoms with van der Waals surface area (Å²) in [6.45, 7) is 0.786. The van der Waals surface area contributed by atoms with Gasteiger partial charge >= 0.3 is 0 Å². The molecule has 152 valence electrons. The molecule has 0 saturated heterocycles. The summed E-state index contributed by atoms with van der Waals surface area (Å²) in [5.41, 5.74) is 3.82. The molecule has 4 nitrogen and oxygen atoms in total. The average molecular weight is 398 g/mol. The van der Waals surface area contributed by atoms with Crippen LogP contribution in [0.4, 0.5) is 0 Å². The molecule has 1 heterocycles. The molecule has 4 aromatic rings. The maximum absolute atomic E-state index is 13.8. The molecule has 0 saturated carbocycles. The number of ketones is 1. The lowest BCUT2D eigenvalue weighted by Gasteiger charge is -2.28. The van der Waals surface area contributed by atoms with Gasteiger partial charge in [0, 0.05) is 35.2 Å². The number of nitrogens with one attached hydrogen (secondary N) is 2. The molecule has 30 heavy (non-hydrogen) atoms. The highest BCUT2D eigenvalue weighted by Gasteiger charge is 2.27. The van der Waals surface area contributed by atoms with Crippen LogP contribution in [0.3, 0.4) is 0 Å². The molecule has 3 aromatic carbocycles. The first-order chi connectivity index (χ1) is 14.6. The lowest BCUT2D eigenvalue weighted by molar-refractivity contribution is 0.0934. The van der Waals surface area contributed by atoms with Gasteiger partial charge in [-0.1, -0.05) is 78.9 Å². The van der Waals surface area contributed by atoms with E-state index < -0.39 is 6.04 Å². The normalized spacial score (nSPS) is 13.4. The Hall–Kier alpha value is -3.21. The number of rotatable bonds is 8. The van der Waals surface area contributed by atoms with Gasteiger partial charge in [0.1, 0.15) is 0 Å². The van der Waals surface area contributed by atoms with Crippen molar-refractivity contribution >= 4 is 16.7 Å². The zero-order valence-corrected chi connectivity index (χ0v) is 17.4. The summed E-state index contributed by atoms with van der Waals surface area (Å²) in [4.78, 5) is 19.2. The number of carbonyl (C=O) groups is 1. The van der Waals surface area contributed by atoms with Crippen LogP contribution >= 0.6 is 0 Å². The Labute approximate surface area is 177 Å². The van der Waals surface area contributed by atoms with Gasteiger partial charge in [0.05, 0.1) is 6.04 Å². The molecule has 0 unspecified atom stereocenters. The fraction of sp³-hybridized carbons (Fsp3) is 0.192. The van der Waals surface area contributed by atoms with Crippen molar-refractivity contribution in [2.24, 2.45) is 0 Å². The molecule has 2 atom stereocenters. The largest absolute Gasteiger partial charge is 0.360 e. The number of hydrogen-bond acceptors (Lipinski definition) is 3. The topological polar surface area (TPSA) is 48.1 Å². The summed E-state index contributed by atoms with van der Waals surface area (Å²) in [6.07, 6.45) is 1.83. The van der Waals surface area contributed by atoms with Crippen molar-refractivity contribution in [2.75, 3.05) is 20.6 Å². The molecular formula is C26H27N3O. The Morgan fingerprint density at radius 3 is 2.13 bits per heavy atom. The standard InChI is InChI=1S/C26H27N3O/c1-29(2)18-24(19-11-5-3-6-12-19)28-25(20-13-7-4-8-14-20)26(30)22-17-27-23-16-10-9-15-21(22)23/h3-17,24-25,27-28H,18H2,1-2H3/t24-,25-/m0/s1. The number of hydrogen-bond donors (Lipinski definition) is 2. The number of benzene rings is 3. The highest BCUT2D eigenvalue weighted by molar-refractivity contribution is 6.10. The van der Waals surface area contributed by atoms with Crippen molar-refractivity contribution in [3.05, 3.63) is 108 Å². The minimum absolute atomic E-state index is 0.0144. The SMILES string of the molecule is CN(C)C[C@H](N[C@H](C(=O)c1c[nH]c2ccccc12)c1ccccc1)c1ccccc1. The minimum atomic E-state index is -0.449. The summed E-state index contributed by atoms with van der Waals surface area (Å²) in [5, 5.41) is 4.62. The van der Waals surface area contributed by atoms with Crippen molar-refractivity contribution in [3.8, 4) is 0 Å². The molecule has 0 aliphatic heterocycles. The second-order valence-electron chi connectivity index (χ2n) is 7.85. The van der Waals surface area contributed by atoms with Gasteiger partial charge in [-0.25, -0.2) is 0 Å². The molecule has 0 amide bonds. The van der Waals surface area contributed by atoms with Crippen molar-refractivity contribution in [2.45, 2.75) is 12.1 Å². The van der Waals surface area contributed by atoms with Gasteiger partial charge in [0.15, 0.2) is 5.78 Å². The predicted octanol–water partition coefficient (Wildman–Crippen LogP) is 4.98. The smallest absolute Gasteiger partial charge is 0.186 e. The van der Waals surface area contributed by atoms with Crippen molar-refractivity contribution in [1.82, 2.24) is 15.2 Å². The van der Waals surface area contributed by atoms with E-state index in [1.165, 1.54) is 5.56 Å².